The van der Waals surface area contributed by atoms with Gasteiger partial charge in [-0.05, 0) is 25.7 Å². The van der Waals surface area contributed by atoms with E-state index in [2.05, 4.69) is 0 Å². The first-order valence-corrected chi connectivity index (χ1v) is 7.39. The molecule has 1 N–H and O–H groups in total. The van der Waals surface area contributed by atoms with Gasteiger partial charge in [0, 0.05) is 19.0 Å². The molecule has 2 rings (SSSR count). The van der Waals surface area contributed by atoms with Gasteiger partial charge < -0.3 is 10.0 Å². The van der Waals surface area contributed by atoms with Gasteiger partial charge in [-0.1, -0.05) is 12.8 Å². The molecule has 2 atom stereocenters. The molecule has 0 aromatic carbocycles. The highest BCUT2D eigenvalue weighted by molar-refractivity contribution is 5.80. The molecular weight excluding hydrogens is 287 g/mol. The van der Waals surface area contributed by atoms with Crippen LogP contribution in [0.25, 0.3) is 0 Å². The van der Waals surface area contributed by atoms with Gasteiger partial charge in [0.25, 0.3) is 0 Å². The topological polar surface area (TPSA) is 57.6 Å². The Morgan fingerprint density at radius 3 is 2.10 bits per heavy atom. The Kier molecular flexibility index (Phi) is 4.78. The summed E-state index contributed by atoms with van der Waals surface area (Å²) in [7, 11) is 0. The minimum Gasteiger partial charge on any atom is -0.481 e. The zero-order valence-corrected chi connectivity index (χ0v) is 11.7. The van der Waals surface area contributed by atoms with Crippen LogP contribution in [0.3, 0.4) is 0 Å². The highest BCUT2D eigenvalue weighted by Crippen LogP contribution is 2.42. The Labute approximate surface area is 121 Å². The number of carboxylic acid groups (broad SMARTS) is 1. The number of alkyl halides is 3. The van der Waals surface area contributed by atoms with E-state index < -0.39 is 35.8 Å². The van der Waals surface area contributed by atoms with Crippen LogP contribution in [-0.2, 0) is 9.59 Å². The standard InChI is InChI=1S/C14H20F3NO3/c15-14(16,17)11-4-2-1-3-10(11)12(19)18-7-5-9(6-8-18)13(20)21/h9-11H,1-8H2,(H,20,21). The van der Waals surface area contributed by atoms with E-state index in [-0.39, 0.29) is 25.9 Å². The number of hydrogen-bond donors (Lipinski definition) is 1. The molecule has 120 valence electrons. The maximum atomic E-state index is 13.0. The van der Waals surface area contributed by atoms with Gasteiger partial charge in [0.1, 0.15) is 0 Å². The lowest BCUT2D eigenvalue weighted by molar-refractivity contribution is -0.201. The smallest absolute Gasteiger partial charge is 0.392 e. The number of piperidine rings is 1. The summed E-state index contributed by atoms with van der Waals surface area (Å²) in [5, 5.41) is 8.91. The minimum absolute atomic E-state index is 0.0193. The maximum absolute atomic E-state index is 13.0. The number of carbonyl (C=O) groups excluding carboxylic acids is 1. The molecule has 2 fully saturated rings. The minimum atomic E-state index is -4.33. The summed E-state index contributed by atoms with van der Waals surface area (Å²) in [5.74, 6) is -4.36. The predicted octanol–water partition coefficient (Wildman–Crippen LogP) is 2.68. The number of hydrogen-bond acceptors (Lipinski definition) is 2. The lowest BCUT2D eigenvalue weighted by Crippen LogP contribution is -2.47. The van der Waals surface area contributed by atoms with Gasteiger partial charge in [-0.15, -0.1) is 0 Å². The lowest BCUT2D eigenvalue weighted by Gasteiger charge is -2.38. The molecule has 0 aromatic rings. The van der Waals surface area contributed by atoms with Crippen molar-refractivity contribution in [3.05, 3.63) is 0 Å². The average molecular weight is 307 g/mol. The zero-order chi connectivity index (χ0) is 15.6. The van der Waals surface area contributed by atoms with Gasteiger partial charge in [-0.3, -0.25) is 9.59 Å². The molecule has 1 heterocycles. The maximum Gasteiger partial charge on any atom is 0.392 e. The fourth-order valence-electron chi connectivity index (χ4n) is 3.40. The summed E-state index contributed by atoms with van der Waals surface area (Å²) < 4.78 is 39.1. The first-order valence-electron chi connectivity index (χ1n) is 7.39. The van der Waals surface area contributed by atoms with Crippen LogP contribution in [0, 0.1) is 17.8 Å². The van der Waals surface area contributed by atoms with E-state index in [1.54, 1.807) is 0 Å². The van der Waals surface area contributed by atoms with E-state index in [0.717, 1.165) is 0 Å². The van der Waals surface area contributed by atoms with E-state index in [9.17, 15) is 22.8 Å². The number of nitrogens with zero attached hydrogens (tertiary/aromatic N) is 1. The van der Waals surface area contributed by atoms with Crippen LogP contribution in [0.2, 0.25) is 0 Å². The third-order valence-corrected chi connectivity index (χ3v) is 4.66. The molecule has 4 nitrogen and oxygen atoms in total. The van der Waals surface area contributed by atoms with Gasteiger partial charge >= 0.3 is 12.1 Å². The van der Waals surface area contributed by atoms with Gasteiger partial charge in [-0.2, -0.15) is 13.2 Å². The molecule has 0 spiro atoms. The summed E-state index contributed by atoms with van der Waals surface area (Å²) in [6.07, 6.45) is -2.23. The van der Waals surface area contributed by atoms with Crippen molar-refractivity contribution in [2.24, 2.45) is 17.8 Å². The quantitative estimate of drug-likeness (QED) is 0.853. The Balaban J connectivity index is 2.00. The molecule has 1 saturated heterocycles. The van der Waals surface area contributed by atoms with E-state index >= 15 is 0 Å². The van der Waals surface area contributed by atoms with Gasteiger partial charge in [0.2, 0.25) is 5.91 Å². The van der Waals surface area contributed by atoms with Crippen LogP contribution >= 0.6 is 0 Å². The lowest BCUT2D eigenvalue weighted by atomic mass is 9.77. The number of amides is 1. The first-order chi connectivity index (χ1) is 9.80. The van der Waals surface area contributed by atoms with Gasteiger partial charge in [-0.25, -0.2) is 0 Å². The summed E-state index contributed by atoms with van der Waals surface area (Å²) >= 11 is 0. The number of carboxylic acids is 1. The van der Waals surface area contributed by atoms with Crippen LogP contribution in [0.1, 0.15) is 38.5 Å². The number of carbonyl (C=O) groups is 2. The molecule has 2 unspecified atom stereocenters. The summed E-state index contributed by atoms with van der Waals surface area (Å²) in [6.45, 7) is 0.494. The van der Waals surface area contributed by atoms with Gasteiger partial charge in [0.05, 0.1) is 11.8 Å². The van der Waals surface area contributed by atoms with Crippen LogP contribution in [0.5, 0.6) is 0 Å². The van der Waals surface area contributed by atoms with Crippen molar-refractivity contribution in [3.8, 4) is 0 Å². The molecule has 1 aliphatic heterocycles. The number of rotatable bonds is 2. The van der Waals surface area contributed by atoms with Crippen molar-refractivity contribution >= 4 is 11.9 Å². The summed E-state index contributed by atoms with van der Waals surface area (Å²) in [4.78, 5) is 24.7. The monoisotopic (exact) mass is 307 g/mol. The Hall–Kier alpha value is -1.27. The summed E-state index contributed by atoms with van der Waals surface area (Å²) in [6, 6.07) is 0. The summed E-state index contributed by atoms with van der Waals surface area (Å²) in [5.41, 5.74) is 0. The highest BCUT2D eigenvalue weighted by Gasteiger charge is 2.49. The third kappa shape index (κ3) is 3.68. The second-order valence-electron chi connectivity index (χ2n) is 5.98. The van der Waals surface area contributed by atoms with Gasteiger partial charge in [0.15, 0.2) is 0 Å². The van der Waals surface area contributed by atoms with Crippen LogP contribution in [0.4, 0.5) is 13.2 Å². The Morgan fingerprint density at radius 2 is 1.57 bits per heavy atom. The molecule has 1 saturated carbocycles. The largest absolute Gasteiger partial charge is 0.481 e. The molecule has 21 heavy (non-hydrogen) atoms. The molecule has 1 amide bonds. The molecule has 2 aliphatic rings. The highest BCUT2D eigenvalue weighted by atomic mass is 19.4. The van der Waals surface area contributed by atoms with Crippen LogP contribution in [0.15, 0.2) is 0 Å². The number of halogens is 3. The molecular formula is C14H20F3NO3. The first kappa shape index (κ1) is 16.1. The number of aliphatic carboxylic acids is 1. The molecule has 0 aromatic heterocycles. The average Bonchev–Trinajstić information content (AvgIpc) is 2.45. The van der Waals surface area contributed by atoms with Crippen LogP contribution in [-0.4, -0.2) is 41.1 Å². The van der Waals surface area contributed by atoms with Crippen molar-refractivity contribution < 1.29 is 27.9 Å². The normalized spacial score (nSPS) is 28.4. The SMILES string of the molecule is O=C(O)C1CCN(C(=O)C2CCCCC2C(F)(F)F)CC1. The van der Waals surface area contributed by atoms with Crippen molar-refractivity contribution in [2.45, 2.75) is 44.7 Å². The van der Waals surface area contributed by atoms with Crippen molar-refractivity contribution in [2.75, 3.05) is 13.1 Å². The van der Waals surface area contributed by atoms with E-state index in [0.29, 0.717) is 25.7 Å². The Bertz CT molecular complexity index is 403. The van der Waals surface area contributed by atoms with E-state index in [1.807, 2.05) is 0 Å². The fraction of sp³-hybridized carbons (Fsp3) is 0.857. The van der Waals surface area contributed by atoms with Crippen LogP contribution < -0.4 is 0 Å². The van der Waals surface area contributed by atoms with E-state index in [4.69, 9.17) is 5.11 Å². The fourth-order valence-corrected chi connectivity index (χ4v) is 3.40. The zero-order valence-electron chi connectivity index (χ0n) is 11.7. The molecule has 0 radical (unpaired) electrons. The van der Waals surface area contributed by atoms with Crippen molar-refractivity contribution in [1.82, 2.24) is 4.90 Å². The van der Waals surface area contributed by atoms with Crippen molar-refractivity contribution in [3.63, 3.8) is 0 Å². The van der Waals surface area contributed by atoms with E-state index in [1.165, 1.54) is 4.90 Å². The second-order valence-corrected chi connectivity index (χ2v) is 5.98. The molecule has 0 bridgehead atoms. The second kappa shape index (κ2) is 6.23. The molecule has 7 heteroatoms. The molecule has 1 aliphatic carbocycles. The van der Waals surface area contributed by atoms with Crippen molar-refractivity contribution in [1.29, 1.82) is 0 Å². The third-order valence-electron chi connectivity index (χ3n) is 4.66. The predicted molar refractivity (Wildman–Crippen MR) is 68.4 cm³/mol. The Morgan fingerprint density at radius 1 is 1.00 bits per heavy atom. The number of likely N-dealkylation sites (tertiary alicyclic amines) is 1.